The van der Waals surface area contributed by atoms with Crippen LogP contribution in [-0.2, 0) is 0 Å². The quantitative estimate of drug-likeness (QED) is 0.861. The highest BCUT2D eigenvalue weighted by Crippen LogP contribution is 2.45. The van der Waals surface area contributed by atoms with Gasteiger partial charge in [-0.05, 0) is 44.1 Å². The van der Waals surface area contributed by atoms with Crippen molar-refractivity contribution in [2.75, 3.05) is 0 Å². The van der Waals surface area contributed by atoms with Crippen molar-refractivity contribution in [3.05, 3.63) is 35.4 Å². The van der Waals surface area contributed by atoms with Crippen LogP contribution in [0.5, 0.6) is 0 Å². The van der Waals surface area contributed by atoms with Crippen molar-refractivity contribution in [2.45, 2.75) is 44.7 Å². The highest BCUT2D eigenvalue weighted by atomic mass is 19.2. The first kappa shape index (κ1) is 12.1. The summed E-state index contributed by atoms with van der Waals surface area (Å²) in [5.74, 6) is 0.140. The third kappa shape index (κ3) is 2.05. The summed E-state index contributed by atoms with van der Waals surface area (Å²) in [4.78, 5) is 0. The second kappa shape index (κ2) is 4.61. The smallest absolute Gasteiger partial charge is 0.163 e. The van der Waals surface area contributed by atoms with Crippen LogP contribution in [0.3, 0.4) is 0 Å². The molecule has 1 nitrogen and oxygen atoms in total. The predicted molar refractivity (Wildman–Crippen MR) is 67.1 cm³/mol. The Morgan fingerprint density at radius 2 is 2.06 bits per heavy atom. The van der Waals surface area contributed by atoms with E-state index >= 15 is 0 Å². The molecule has 2 aliphatic carbocycles. The van der Waals surface area contributed by atoms with Crippen molar-refractivity contribution in [1.82, 2.24) is 5.32 Å². The molecule has 2 aliphatic rings. The summed E-state index contributed by atoms with van der Waals surface area (Å²) in [6.45, 7) is 1.92. The maximum Gasteiger partial charge on any atom is 0.163 e. The lowest BCUT2D eigenvalue weighted by atomic mass is 9.94. The van der Waals surface area contributed by atoms with Crippen molar-refractivity contribution in [3.63, 3.8) is 0 Å². The van der Waals surface area contributed by atoms with E-state index in [2.05, 4.69) is 5.32 Å². The summed E-state index contributed by atoms with van der Waals surface area (Å²) >= 11 is 0. The fourth-order valence-electron chi connectivity index (χ4n) is 3.71. The zero-order valence-electron chi connectivity index (χ0n) is 10.6. The highest BCUT2D eigenvalue weighted by Gasteiger charge is 2.39. The minimum atomic E-state index is -0.755. The van der Waals surface area contributed by atoms with E-state index in [0.29, 0.717) is 11.6 Å². The van der Waals surface area contributed by atoms with E-state index in [9.17, 15) is 8.78 Å². The molecule has 1 aromatic rings. The van der Waals surface area contributed by atoms with E-state index in [1.54, 1.807) is 12.1 Å². The average Bonchev–Trinajstić information content (AvgIpc) is 2.94. The second-order valence-electron chi connectivity index (χ2n) is 5.81. The summed E-state index contributed by atoms with van der Waals surface area (Å²) in [5.41, 5.74) is 0.442. The third-order valence-corrected chi connectivity index (χ3v) is 4.65. The van der Waals surface area contributed by atoms with Gasteiger partial charge in [0.15, 0.2) is 11.6 Å². The average molecular weight is 251 g/mol. The van der Waals surface area contributed by atoms with Crippen molar-refractivity contribution in [3.8, 4) is 0 Å². The Kier molecular flexibility index (Phi) is 3.10. The Balaban J connectivity index is 1.71. The van der Waals surface area contributed by atoms with Gasteiger partial charge in [-0.1, -0.05) is 18.6 Å². The van der Waals surface area contributed by atoms with E-state index in [0.717, 1.165) is 11.8 Å². The number of nitrogens with one attached hydrogen (secondary N) is 1. The van der Waals surface area contributed by atoms with Crippen LogP contribution >= 0.6 is 0 Å². The van der Waals surface area contributed by atoms with Gasteiger partial charge < -0.3 is 5.32 Å². The molecule has 0 aromatic heterocycles. The Hall–Kier alpha value is -0.960. The minimum absolute atomic E-state index is 0.120. The van der Waals surface area contributed by atoms with Gasteiger partial charge in [-0.15, -0.1) is 0 Å². The van der Waals surface area contributed by atoms with Crippen molar-refractivity contribution < 1.29 is 8.78 Å². The first-order valence-corrected chi connectivity index (χ1v) is 6.85. The zero-order valence-corrected chi connectivity index (χ0v) is 10.6. The molecule has 0 amide bonds. The van der Waals surface area contributed by atoms with Gasteiger partial charge >= 0.3 is 0 Å². The van der Waals surface area contributed by atoms with Crippen molar-refractivity contribution in [2.24, 2.45) is 11.8 Å². The van der Waals surface area contributed by atoms with Crippen LogP contribution in [-0.4, -0.2) is 6.04 Å². The van der Waals surface area contributed by atoms with E-state index in [1.165, 1.54) is 31.7 Å². The van der Waals surface area contributed by atoms with Gasteiger partial charge in [-0.25, -0.2) is 8.78 Å². The van der Waals surface area contributed by atoms with Gasteiger partial charge in [-0.2, -0.15) is 0 Å². The Morgan fingerprint density at radius 3 is 2.72 bits per heavy atom. The van der Waals surface area contributed by atoms with E-state index in [-0.39, 0.29) is 6.04 Å². The van der Waals surface area contributed by atoms with Gasteiger partial charge in [-0.3, -0.25) is 0 Å². The van der Waals surface area contributed by atoms with Crippen LogP contribution < -0.4 is 5.32 Å². The Labute approximate surface area is 107 Å². The van der Waals surface area contributed by atoms with Gasteiger partial charge in [0, 0.05) is 17.6 Å². The fraction of sp³-hybridized carbons (Fsp3) is 0.600. The highest BCUT2D eigenvalue weighted by molar-refractivity contribution is 5.22. The number of hydrogen-bond donors (Lipinski definition) is 1. The number of hydrogen-bond acceptors (Lipinski definition) is 1. The lowest BCUT2D eigenvalue weighted by Gasteiger charge is -2.27. The molecule has 2 saturated carbocycles. The molecular weight excluding hydrogens is 232 g/mol. The molecule has 4 atom stereocenters. The van der Waals surface area contributed by atoms with Crippen LogP contribution in [0, 0.1) is 23.5 Å². The van der Waals surface area contributed by atoms with E-state index in [1.807, 2.05) is 6.92 Å². The lowest BCUT2D eigenvalue weighted by Crippen LogP contribution is -2.36. The maximum atomic E-state index is 13.7. The summed E-state index contributed by atoms with van der Waals surface area (Å²) in [5, 5.41) is 3.49. The first-order chi connectivity index (χ1) is 8.65. The van der Waals surface area contributed by atoms with Crippen LogP contribution in [0.1, 0.15) is 44.2 Å². The Bertz CT molecular complexity index is 446. The molecule has 0 spiro atoms. The molecule has 0 saturated heterocycles. The fourth-order valence-corrected chi connectivity index (χ4v) is 3.71. The van der Waals surface area contributed by atoms with Crippen LogP contribution in [0.4, 0.5) is 8.78 Å². The van der Waals surface area contributed by atoms with Crippen molar-refractivity contribution >= 4 is 0 Å². The number of fused-ring (bicyclic) bond motifs is 2. The topological polar surface area (TPSA) is 12.0 Å². The lowest BCUT2D eigenvalue weighted by molar-refractivity contribution is 0.322. The van der Waals surface area contributed by atoms with Gasteiger partial charge in [0.2, 0.25) is 0 Å². The number of halogens is 2. The molecule has 98 valence electrons. The molecule has 3 rings (SSSR count). The molecule has 1 aromatic carbocycles. The monoisotopic (exact) mass is 251 g/mol. The molecule has 0 radical (unpaired) electrons. The Morgan fingerprint density at radius 1 is 1.22 bits per heavy atom. The summed E-state index contributed by atoms with van der Waals surface area (Å²) < 4.78 is 26.9. The van der Waals surface area contributed by atoms with Crippen LogP contribution in [0.2, 0.25) is 0 Å². The molecule has 1 N–H and O–H groups in total. The molecule has 4 unspecified atom stereocenters. The van der Waals surface area contributed by atoms with Crippen LogP contribution in [0.15, 0.2) is 18.2 Å². The SMILES string of the molecule is CC(NC1CC2CCC1C2)c1cccc(F)c1F. The largest absolute Gasteiger partial charge is 0.307 e. The summed E-state index contributed by atoms with van der Waals surface area (Å²) in [7, 11) is 0. The molecule has 18 heavy (non-hydrogen) atoms. The normalized spacial score (nSPS) is 31.8. The number of rotatable bonds is 3. The molecule has 0 heterocycles. The summed E-state index contributed by atoms with van der Waals surface area (Å²) in [6.07, 6.45) is 5.16. The van der Waals surface area contributed by atoms with Crippen LogP contribution in [0.25, 0.3) is 0 Å². The second-order valence-corrected chi connectivity index (χ2v) is 5.81. The van der Waals surface area contributed by atoms with Gasteiger partial charge in [0.05, 0.1) is 0 Å². The molecule has 2 bridgehead atoms. The standard InChI is InChI=1S/C15H19F2N/c1-9(12-3-2-4-13(16)15(12)17)18-14-8-10-5-6-11(14)7-10/h2-4,9-11,14,18H,5-8H2,1H3. The minimum Gasteiger partial charge on any atom is -0.307 e. The third-order valence-electron chi connectivity index (χ3n) is 4.65. The molecule has 3 heteroatoms. The molecular formula is C15H19F2N. The van der Waals surface area contributed by atoms with Gasteiger partial charge in [0.1, 0.15) is 0 Å². The van der Waals surface area contributed by atoms with Gasteiger partial charge in [0.25, 0.3) is 0 Å². The maximum absolute atomic E-state index is 13.7. The van der Waals surface area contributed by atoms with E-state index < -0.39 is 11.6 Å². The summed E-state index contributed by atoms with van der Waals surface area (Å²) in [6, 6.07) is 4.78. The molecule has 2 fully saturated rings. The predicted octanol–water partition coefficient (Wildman–Crippen LogP) is 3.80. The first-order valence-electron chi connectivity index (χ1n) is 6.85. The van der Waals surface area contributed by atoms with Crippen molar-refractivity contribution in [1.29, 1.82) is 0 Å². The number of benzene rings is 1. The molecule has 0 aliphatic heterocycles. The van der Waals surface area contributed by atoms with E-state index in [4.69, 9.17) is 0 Å². The zero-order chi connectivity index (χ0) is 12.7.